The van der Waals surface area contributed by atoms with Crippen LogP contribution in [0, 0.1) is 0 Å². The Morgan fingerprint density at radius 3 is 2.83 bits per heavy atom. The van der Waals surface area contributed by atoms with E-state index in [4.69, 9.17) is 5.73 Å². The molecule has 0 saturated carbocycles. The fourth-order valence-corrected chi connectivity index (χ4v) is 3.49. The summed E-state index contributed by atoms with van der Waals surface area (Å²) in [6.45, 7) is 0.415. The van der Waals surface area contributed by atoms with Crippen LogP contribution in [-0.2, 0) is 16.4 Å². The highest BCUT2D eigenvalue weighted by Crippen LogP contribution is 2.29. The van der Waals surface area contributed by atoms with Crippen molar-refractivity contribution in [2.24, 2.45) is 0 Å². The molecule has 0 atom stereocenters. The molecule has 0 fully saturated rings. The molecule has 2 aromatic rings. The van der Waals surface area contributed by atoms with Crippen LogP contribution >= 0.6 is 22.7 Å². The lowest BCUT2D eigenvalue weighted by molar-refractivity contribution is 0.588. The normalized spacial score (nSPS) is 11.8. The van der Waals surface area contributed by atoms with E-state index in [1.165, 1.54) is 11.3 Å². The first kappa shape index (κ1) is 13.5. The lowest BCUT2D eigenvalue weighted by Crippen LogP contribution is -2.23. The Morgan fingerprint density at radius 2 is 2.22 bits per heavy atom. The number of nitrogen functional groups attached to an aromatic ring is 1. The maximum atomic E-state index is 10.9. The largest absolute Gasteiger partial charge is 0.375 e. The minimum atomic E-state index is -3.11. The third-order valence-corrected chi connectivity index (χ3v) is 4.74. The van der Waals surface area contributed by atoms with Gasteiger partial charge in [0.2, 0.25) is 10.0 Å². The van der Waals surface area contributed by atoms with Crippen molar-refractivity contribution >= 4 is 37.8 Å². The van der Waals surface area contributed by atoms with Crippen LogP contribution in [-0.4, -0.2) is 26.2 Å². The molecule has 3 N–H and O–H groups in total. The zero-order valence-corrected chi connectivity index (χ0v) is 12.2. The number of anilines is 1. The number of sulfonamides is 1. The SMILES string of the molecule is CS(=O)(=O)NCCc1ccc(-c2csc(N)n2)s1. The van der Waals surface area contributed by atoms with Gasteiger partial charge in [-0.15, -0.1) is 22.7 Å². The summed E-state index contributed by atoms with van der Waals surface area (Å²) in [5, 5.41) is 2.47. The molecule has 0 bridgehead atoms. The van der Waals surface area contributed by atoms with E-state index in [0.29, 0.717) is 18.1 Å². The maximum Gasteiger partial charge on any atom is 0.208 e. The molecule has 0 spiro atoms. The van der Waals surface area contributed by atoms with E-state index >= 15 is 0 Å². The molecular weight excluding hydrogens is 290 g/mol. The first-order valence-corrected chi connectivity index (χ1v) is 8.77. The van der Waals surface area contributed by atoms with Crippen molar-refractivity contribution in [2.45, 2.75) is 6.42 Å². The first-order chi connectivity index (χ1) is 8.44. The molecule has 18 heavy (non-hydrogen) atoms. The summed E-state index contributed by atoms with van der Waals surface area (Å²) in [7, 11) is -3.11. The monoisotopic (exact) mass is 303 g/mol. The zero-order chi connectivity index (χ0) is 13.2. The van der Waals surface area contributed by atoms with Crippen molar-refractivity contribution in [2.75, 3.05) is 18.5 Å². The fraction of sp³-hybridized carbons (Fsp3) is 0.300. The molecule has 0 aliphatic heterocycles. The van der Waals surface area contributed by atoms with E-state index < -0.39 is 10.0 Å². The van der Waals surface area contributed by atoms with Crippen molar-refractivity contribution in [1.29, 1.82) is 0 Å². The third-order valence-electron chi connectivity index (χ3n) is 2.17. The summed E-state index contributed by atoms with van der Waals surface area (Å²) in [5.74, 6) is 0. The van der Waals surface area contributed by atoms with Crippen LogP contribution in [0.3, 0.4) is 0 Å². The molecule has 0 unspecified atom stereocenters. The molecule has 0 radical (unpaired) electrons. The van der Waals surface area contributed by atoms with E-state index in [1.54, 1.807) is 11.3 Å². The van der Waals surface area contributed by atoms with E-state index in [2.05, 4.69) is 9.71 Å². The van der Waals surface area contributed by atoms with E-state index in [0.717, 1.165) is 21.7 Å². The Hall–Kier alpha value is -0.960. The van der Waals surface area contributed by atoms with Gasteiger partial charge in [-0.25, -0.2) is 18.1 Å². The summed E-state index contributed by atoms with van der Waals surface area (Å²) in [6.07, 6.45) is 1.84. The molecule has 0 amide bonds. The number of aromatic nitrogens is 1. The number of thiophene rings is 1. The number of nitrogens with one attached hydrogen (secondary N) is 1. The lowest BCUT2D eigenvalue weighted by Gasteiger charge is -1.99. The van der Waals surface area contributed by atoms with Crippen molar-refractivity contribution in [3.63, 3.8) is 0 Å². The molecule has 2 aromatic heterocycles. The van der Waals surface area contributed by atoms with Gasteiger partial charge in [0, 0.05) is 16.8 Å². The third kappa shape index (κ3) is 3.77. The van der Waals surface area contributed by atoms with Crippen LogP contribution in [0.1, 0.15) is 4.88 Å². The highest BCUT2D eigenvalue weighted by atomic mass is 32.2. The van der Waals surface area contributed by atoms with E-state index in [1.807, 2.05) is 17.5 Å². The Balaban J connectivity index is 1.98. The van der Waals surface area contributed by atoms with Crippen LogP contribution in [0.2, 0.25) is 0 Å². The van der Waals surface area contributed by atoms with Crippen LogP contribution in [0.4, 0.5) is 5.13 Å². The highest BCUT2D eigenvalue weighted by Gasteiger charge is 2.07. The van der Waals surface area contributed by atoms with Gasteiger partial charge in [-0.3, -0.25) is 0 Å². The predicted octanol–water partition coefficient (Wildman–Crippen LogP) is 1.55. The molecule has 2 rings (SSSR count). The molecule has 0 saturated heterocycles. The Kier molecular flexibility index (Phi) is 4.00. The fourth-order valence-electron chi connectivity index (χ4n) is 1.41. The number of nitrogens with zero attached hydrogens (tertiary/aromatic N) is 1. The molecule has 0 aliphatic rings. The maximum absolute atomic E-state index is 10.9. The summed E-state index contributed by atoms with van der Waals surface area (Å²) in [5.41, 5.74) is 6.47. The Bertz CT molecular complexity index is 630. The van der Waals surface area contributed by atoms with Gasteiger partial charge in [0.1, 0.15) is 0 Å². The summed E-state index contributed by atoms with van der Waals surface area (Å²) in [6, 6.07) is 3.97. The van der Waals surface area contributed by atoms with Gasteiger partial charge < -0.3 is 5.73 Å². The van der Waals surface area contributed by atoms with Crippen molar-refractivity contribution in [1.82, 2.24) is 9.71 Å². The topological polar surface area (TPSA) is 85.1 Å². The molecule has 8 heteroatoms. The van der Waals surface area contributed by atoms with Gasteiger partial charge in [0.05, 0.1) is 16.8 Å². The van der Waals surface area contributed by atoms with Gasteiger partial charge >= 0.3 is 0 Å². The average molecular weight is 303 g/mol. The second-order valence-electron chi connectivity index (χ2n) is 3.75. The number of rotatable bonds is 5. The number of nitrogens with two attached hydrogens (primary N) is 1. The second-order valence-corrected chi connectivity index (χ2v) is 7.64. The van der Waals surface area contributed by atoms with Crippen molar-refractivity contribution in [3.8, 4) is 10.6 Å². The quantitative estimate of drug-likeness (QED) is 0.877. The van der Waals surface area contributed by atoms with Crippen molar-refractivity contribution in [3.05, 3.63) is 22.4 Å². The predicted molar refractivity (Wildman–Crippen MR) is 76.4 cm³/mol. The second kappa shape index (κ2) is 5.35. The van der Waals surface area contributed by atoms with E-state index in [9.17, 15) is 8.42 Å². The Morgan fingerprint density at radius 1 is 1.44 bits per heavy atom. The lowest BCUT2D eigenvalue weighted by atomic mass is 10.3. The van der Waals surface area contributed by atoms with Crippen LogP contribution < -0.4 is 10.5 Å². The number of thiazole rings is 1. The molecule has 5 nitrogen and oxygen atoms in total. The highest BCUT2D eigenvalue weighted by molar-refractivity contribution is 7.88. The van der Waals surface area contributed by atoms with Crippen molar-refractivity contribution < 1.29 is 8.42 Å². The minimum Gasteiger partial charge on any atom is -0.375 e. The Labute approximate surface area is 114 Å². The summed E-state index contributed by atoms with van der Waals surface area (Å²) < 4.78 is 24.3. The molecule has 0 aliphatic carbocycles. The van der Waals surface area contributed by atoms with Gasteiger partial charge in [-0.1, -0.05) is 0 Å². The van der Waals surface area contributed by atoms with Crippen LogP contribution in [0.5, 0.6) is 0 Å². The first-order valence-electron chi connectivity index (χ1n) is 5.19. The summed E-state index contributed by atoms with van der Waals surface area (Å²) in [4.78, 5) is 6.38. The van der Waals surface area contributed by atoms with Gasteiger partial charge in [0.15, 0.2) is 5.13 Å². The zero-order valence-electron chi connectivity index (χ0n) is 9.71. The average Bonchev–Trinajstić information content (AvgIpc) is 2.85. The smallest absolute Gasteiger partial charge is 0.208 e. The molecule has 2 heterocycles. The minimum absolute atomic E-state index is 0.415. The summed E-state index contributed by atoms with van der Waals surface area (Å²) >= 11 is 3.02. The van der Waals surface area contributed by atoms with Crippen LogP contribution in [0.15, 0.2) is 17.5 Å². The number of hydrogen-bond donors (Lipinski definition) is 2. The van der Waals surface area contributed by atoms with E-state index in [-0.39, 0.29) is 0 Å². The van der Waals surface area contributed by atoms with Gasteiger partial charge in [0.25, 0.3) is 0 Å². The van der Waals surface area contributed by atoms with Crippen LogP contribution in [0.25, 0.3) is 10.6 Å². The standard InChI is InChI=1S/C10H13N3O2S3/c1-18(14,15)12-5-4-7-2-3-9(17-7)8-6-16-10(11)13-8/h2-3,6,12H,4-5H2,1H3,(H2,11,13). The molecular formula is C10H13N3O2S3. The molecule has 0 aromatic carbocycles. The van der Waals surface area contributed by atoms with Gasteiger partial charge in [-0.05, 0) is 18.6 Å². The van der Waals surface area contributed by atoms with Gasteiger partial charge in [-0.2, -0.15) is 0 Å². The molecule has 98 valence electrons. The number of hydrogen-bond acceptors (Lipinski definition) is 6.